The third-order valence-corrected chi connectivity index (χ3v) is 2.25. The van der Waals surface area contributed by atoms with E-state index in [9.17, 15) is 9.59 Å². The smallest absolute Gasteiger partial charge is 0.317 e. The van der Waals surface area contributed by atoms with Crippen LogP contribution in [0.25, 0.3) is 0 Å². The standard InChI is InChI=1S/C11H12ClNO4/c12-9-3-1-2-8(4-9)5-13(6-10(14)15)7-11(16)17/h1-4H,5-7H2,(H,14,15)(H,16,17). The molecule has 2 N–H and O–H groups in total. The molecule has 0 saturated heterocycles. The second-order valence-electron chi connectivity index (χ2n) is 3.56. The molecule has 1 rings (SSSR count). The van der Waals surface area contributed by atoms with Crippen LogP contribution in [0.2, 0.25) is 5.02 Å². The predicted octanol–water partition coefficient (Wildman–Crippen LogP) is 1.31. The van der Waals surface area contributed by atoms with Crippen molar-refractivity contribution >= 4 is 23.5 Å². The summed E-state index contributed by atoms with van der Waals surface area (Å²) < 4.78 is 0. The van der Waals surface area contributed by atoms with Gasteiger partial charge in [0.25, 0.3) is 0 Å². The molecule has 0 amide bonds. The number of halogens is 1. The topological polar surface area (TPSA) is 77.8 Å². The minimum Gasteiger partial charge on any atom is -0.480 e. The molecule has 0 saturated carbocycles. The van der Waals surface area contributed by atoms with E-state index in [0.29, 0.717) is 5.02 Å². The third kappa shape index (κ3) is 5.33. The molecule has 0 aliphatic carbocycles. The van der Waals surface area contributed by atoms with Gasteiger partial charge in [0, 0.05) is 11.6 Å². The Labute approximate surface area is 103 Å². The molecule has 0 unspecified atom stereocenters. The van der Waals surface area contributed by atoms with Crippen LogP contribution in [0.15, 0.2) is 24.3 Å². The van der Waals surface area contributed by atoms with Crippen LogP contribution in [0.4, 0.5) is 0 Å². The second-order valence-corrected chi connectivity index (χ2v) is 4.00. The van der Waals surface area contributed by atoms with Gasteiger partial charge in [-0.3, -0.25) is 14.5 Å². The predicted molar refractivity (Wildman–Crippen MR) is 62.0 cm³/mol. The average molecular weight is 258 g/mol. The SMILES string of the molecule is O=C(O)CN(CC(=O)O)Cc1cccc(Cl)c1. The van der Waals surface area contributed by atoms with Crippen molar-refractivity contribution in [2.45, 2.75) is 6.54 Å². The zero-order chi connectivity index (χ0) is 12.8. The molecule has 17 heavy (non-hydrogen) atoms. The molecule has 0 heterocycles. The van der Waals surface area contributed by atoms with Gasteiger partial charge in [-0.25, -0.2) is 0 Å². The summed E-state index contributed by atoms with van der Waals surface area (Å²) in [6, 6.07) is 6.88. The van der Waals surface area contributed by atoms with E-state index in [0.717, 1.165) is 5.56 Å². The molecule has 0 aliphatic heterocycles. The Hall–Kier alpha value is -1.59. The van der Waals surface area contributed by atoms with Gasteiger partial charge in [-0.15, -0.1) is 0 Å². The van der Waals surface area contributed by atoms with Gasteiger partial charge in [0.15, 0.2) is 0 Å². The summed E-state index contributed by atoms with van der Waals surface area (Å²) in [7, 11) is 0. The molecule has 92 valence electrons. The van der Waals surface area contributed by atoms with E-state index < -0.39 is 11.9 Å². The van der Waals surface area contributed by atoms with Gasteiger partial charge in [0.05, 0.1) is 13.1 Å². The van der Waals surface area contributed by atoms with E-state index in [4.69, 9.17) is 21.8 Å². The second kappa shape index (κ2) is 6.22. The molecular weight excluding hydrogens is 246 g/mol. The van der Waals surface area contributed by atoms with Crippen molar-refractivity contribution in [1.82, 2.24) is 4.90 Å². The zero-order valence-corrected chi connectivity index (χ0v) is 9.72. The molecule has 0 fully saturated rings. The van der Waals surface area contributed by atoms with E-state index in [1.807, 2.05) is 0 Å². The first-order valence-corrected chi connectivity index (χ1v) is 5.25. The van der Waals surface area contributed by atoms with Gasteiger partial charge in [-0.05, 0) is 17.7 Å². The molecule has 0 aliphatic rings. The van der Waals surface area contributed by atoms with Gasteiger partial charge < -0.3 is 10.2 Å². The van der Waals surface area contributed by atoms with Gasteiger partial charge >= 0.3 is 11.9 Å². The lowest BCUT2D eigenvalue weighted by atomic mass is 10.2. The molecular formula is C11H12ClNO4. The summed E-state index contributed by atoms with van der Waals surface area (Å²) in [5.41, 5.74) is 0.778. The van der Waals surface area contributed by atoms with Crippen molar-refractivity contribution < 1.29 is 19.8 Å². The number of carbonyl (C=O) groups is 2. The van der Waals surface area contributed by atoms with Gasteiger partial charge in [0.1, 0.15) is 0 Å². The lowest BCUT2D eigenvalue weighted by molar-refractivity contribution is -0.142. The van der Waals surface area contributed by atoms with Crippen molar-refractivity contribution in [2.75, 3.05) is 13.1 Å². The Balaban J connectivity index is 2.71. The number of carboxylic acids is 2. The molecule has 0 atom stereocenters. The highest BCUT2D eigenvalue weighted by atomic mass is 35.5. The first-order chi connectivity index (χ1) is 7.97. The van der Waals surface area contributed by atoms with E-state index in [1.54, 1.807) is 24.3 Å². The number of benzene rings is 1. The molecule has 1 aromatic carbocycles. The first kappa shape index (κ1) is 13.5. The fraction of sp³-hybridized carbons (Fsp3) is 0.273. The lowest BCUT2D eigenvalue weighted by Crippen LogP contribution is -2.33. The van der Waals surface area contributed by atoms with E-state index in [2.05, 4.69) is 0 Å². The first-order valence-electron chi connectivity index (χ1n) is 4.88. The molecule has 6 heteroatoms. The van der Waals surface area contributed by atoms with Gasteiger partial charge in [-0.2, -0.15) is 0 Å². The van der Waals surface area contributed by atoms with Crippen LogP contribution in [-0.4, -0.2) is 40.1 Å². The van der Waals surface area contributed by atoms with E-state index in [-0.39, 0.29) is 19.6 Å². The Kier molecular flexibility index (Phi) is 4.93. The zero-order valence-electron chi connectivity index (χ0n) is 8.97. The highest BCUT2D eigenvalue weighted by molar-refractivity contribution is 6.30. The van der Waals surface area contributed by atoms with Crippen LogP contribution in [0, 0.1) is 0 Å². The van der Waals surface area contributed by atoms with Crippen LogP contribution in [-0.2, 0) is 16.1 Å². The van der Waals surface area contributed by atoms with Crippen molar-refractivity contribution in [3.63, 3.8) is 0 Å². The monoisotopic (exact) mass is 257 g/mol. The van der Waals surface area contributed by atoms with Crippen molar-refractivity contribution in [2.24, 2.45) is 0 Å². The summed E-state index contributed by atoms with van der Waals surface area (Å²) in [4.78, 5) is 22.5. The highest BCUT2D eigenvalue weighted by Gasteiger charge is 2.13. The Morgan fingerprint density at radius 3 is 2.24 bits per heavy atom. The van der Waals surface area contributed by atoms with Crippen molar-refractivity contribution in [3.8, 4) is 0 Å². The summed E-state index contributed by atoms with van der Waals surface area (Å²) in [5.74, 6) is -2.12. The molecule has 0 radical (unpaired) electrons. The maximum atomic E-state index is 10.6. The Bertz CT molecular complexity index is 406. The highest BCUT2D eigenvalue weighted by Crippen LogP contribution is 2.12. The molecule has 1 aromatic rings. The number of aliphatic carboxylic acids is 2. The van der Waals surface area contributed by atoms with Gasteiger partial charge in [0.2, 0.25) is 0 Å². The van der Waals surface area contributed by atoms with E-state index >= 15 is 0 Å². The van der Waals surface area contributed by atoms with Crippen LogP contribution in [0.1, 0.15) is 5.56 Å². The number of rotatable bonds is 6. The minimum atomic E-state index is -1.06. The summed E-state index contributed by atoms with van der Waals surface area (Å²) in [6.07, 6.45) is 0. The lowest BCUT2D eigenvalue weighted by Gasteiger charge is -2.17. The molecule has 0 bridgehead atoms. The Morgan fingerprint density at radius 1 is 1.18 bits per heavy atom. The molecule has 5 nitrogen and oxygen atoms in total. The normalized spacial score (nSPS) is 10.5. The van der Waals surface area contributed by atoms with Crippen molar-refractivity contribution in [3.05, 3.63) is 34.9 Å². The maximum absolute atomic E-state index is 10.6. The van der Waals surface area contributed by atoms with Crippen LogP contribution in [0.3, 0.4) is 0 Å². The van der Waals surface area contributed by atoms with Crippen LogP contribution in [0.5, 0.6) is 0 Å². The number of hydrogen-bond donors (Lipinski definition) is 2. The van der Waals surface area contributed by atoms with Gasteiger partial charge in [-0.1, -0.05) is 23.7 Å². The fourth-order valence-corrected chi connectivity index (χ4v) is 1.66. The quantitative estimate of drug-likeness (QED) is 0.803. The summed E-state index contributed by atoms with van der Waals surface area (Å²) in [6.45, 7) is -0.406. The largest absolute Gasteiger partial charge is 0.480 e. The fourth-order valence-electron chi connectivity index (χ4n) is 1.44. The number of nitrogens with zero attached hydrogens (tertiary/aromatic N) is 1. The average Bonchev–Trinajstić information content (AvgIpc) is 2.14. The van der Waals surface area contributed by atoms with Crippen molar-refractivity contribution in [1.29, 1.82) is 0 Å². The maximum Gasteiger partial charge on any atom is 0.317 e. The molecule has 0 aromatic heterocycles. The summed E-state index contributed by atoms with van der Waals surface area (Å²) in [5, 5.41) is 17.9. The minimum absolute atomic E-state index is 0.235. The number of carboxylic acid groups (broad SMARTS) is 2. The van der Waals surface area contributed by atoms with Crippen LogP contribution >= 0.6 is 11.6 Å². The number of hydrogen-bond acceptors (Lipinski definition) is 3. The van der Waals surface area contributed by atoms with E-state index in [1.165, 1.54) is 4.90 Å². The van der Waals surface area contributed by atoms with Crippen LogP contribution < -0.4 is 0 Å². The summed E-state index contributed by atoms with van der Waals surface area (Å²) >= 11 is 5.79. The Morgan fingerprint density at radius 2 is 1.76 bits per heavy atom. The molecule has 0 spiro atoms. The third-order valence-electron chi connectivity index (χ3n) is 2.01.